The van der Waals surface area contributed by atoms with Crippen molar-refractivity contribution in [2.24, 2.45) is 10.1 Å². The fraction of sp³-hybridized carbons (Fsp3) is 0.238. The van der Waals surface area contributed by atoms with Crippen LogP contribution in [0.5, 0.6) is 11.5 Å². The van der Waals surface area contributed by atoms with Gasteiger partial charge < -0.3 is 14.2 Å². The minimum Gasteiger partial charge on any atom is -0.486 e. The Labute approximate surface area is 181 Å². The molecule has 1 aromatic heterocycles. The number of hydrogen-bond acceptors (Lipinski definition) is 6. The highest BCUT2D eigenvalue weighted by atomic mass is 79.9. The first-order valence-corrected chi connectivity index (χ1v) is 10.8. The molecule has 0 spiro atoms. The SMILES string of the molecule is COCCN=c1scc(-c2cccc(Br)c2)n1/N=C/c1ccc2c(c1)OCCO2. The molecule has 0 amide bonds. The molecular weight excluding hydrogens is 454 g/mol. The first-order valence-electron chi connectivity index (χ1n) is 9.14. The summed E-state index contributed by atoms with van der Waals surface area (Å²) in [4.78, 5) is 5.44. The van der Waals surface area contributed by atoms with E-state index in [0.29, 0.717) is 26.4 Å². The van der Waals surface area contributed by atoms with Crippen LogP contribution in [0.15, 0.2) is 62.4 Å². The smallest absolute Gasteiger partial charge is 0.206 e. The molecule has 0 atom stereocenters. The molecule has 0 radical (unpaired) electrons. The third-order valence-corrected chi connectivity index (χ3v) is 5.58. The maximum atomic E-state index is 5.67. The summed E-state index contributed by atoms with van der Waals surface area (Å²) in [5.41, 5.74) is 2.96. The zero-order valence-corrected chi connectivity index (χ0v) is 18.3. The van der Waals surface area contributed by atoms with E-state index < -0.39 is 0 Å². The Morgan fingerprint density at radius 2 is 2.03 bits per heavy atom. The van der Waals surface area contributed by atoms with Crippen molar-refractivity contribution in [3.8, 4) is 22.8 Å². The minimum absolute atomic E-state index is 0.558. The van der Waals surface area contributed by atoms with E-state index in [1.54, 1.807) is 18.4 Å². The predicted octanol–water partition coefficient (Wildman–Crippen LogP) is 4.18. The zero-order valence-electron chi connectivity index (χ0n) is 15.9. The highest BCUT2D eigenvalue weighted by molar-refractivity contribution is 9.10. The van der Waals surface area contributed by atoms with Gasteiger partial charge >= 0.3 is 0 Å². The first-order chi connectivity index (χ1) is 14.2. The van der Waals surface area contributed by atoms with E-state index in [2.05, 4.69) is 38.4 Å². The average molecular weight is 474 g/mol. The number of ether oxygens (including phenoxy) is 3. The molecule has 2 aromatic carbocycles. The molecular formula is C21H20BrN3O3S. The van der Waals surface area contributed by atoms with Crippen LogP contribution in [-0.4, -0.2) is 44.4 Å². The lowest BCUT2D eigenvalue weighted by Gasteiger charge is -2.18. The Morgan fingerprint density at radius 1 is 1.17 bits per heavy atom. The van der Waals surface area contributed by atoms with Gasteiger partial charge in [0.05, 0.1) is 25.1 Å². The van der Waals surface area contributed by atoms with Gasteiger partial charge in [0, 0.05) is 22.5 Å². The molecule has 150 valence electrons. The molecule has 4 rings (SSSR count). The maximum Gasteiger partial charge on any atom is 0.206 e. The summed E-state index contributed by atoms with van der Waals surface area (Å²) in [6.07, 6.45) is 1.81. The Bertz CT molecular complexity index is 1090. The average Bonchev–Trinajstić information content (AvgIpc) is 3.15. The van der Waals surface area contributed by atoms with Crippen molar-refractivity contribution in [3.63, 3.8) is 0 Å². The summed E-state index contributed by atoms with van der Waals surface area (Å²) in [5, 5.41) is 6.79. The number of thiazole rings is 1. The van der Waals surface area contributed by atoms with E-state index in [0.717, 1.165) is 37.6 Å². The first kappa shape index (κ1) is 19.9. The predicted molar refractivity (Wildman–Crippen MR) is 118 cm³/mol. The van der Waals surface area contributed by atoms with Crippen LogP contribution in [0.25, 0.3) is 11.3 Å². The van der Waals surface area contributed by atoms with E-state index in [4.69, 9.17) is 19.3 Å². The van der Waals surface area contributed by atoms with Crippen LogP contribution >= 0.6 is 27.3 Å². The number of benzene rings is 2. The van der Waals surface area contributed by atoms with Crippen molar-refractivity contribution < 1.29 is 14.2 Å². The quantitative estimate of drug-likeness (QED) is 0.398. The second kappa shape index (κ2) is 9.39. The fourth-order valence-electron chi connectivity index (χ4n) is 2.86. The van der Waals surface area contributed by atoms with Gasteiger partial charge in [-0.2, -0.15) is 5.10 Å². The molecule has 3 aromatic rings. The third-order valence-electron chi connectivity index (χ3n) is 4.24. The van der Waals surface area contributed by atoms with Crippen LogP contribution in [0, 0.1) is 0 Å². The second-order valence-corrected chi connectivity index (χ2v) is 8.00. The molecule has 8 heteroatoms. The van der Waals surface area contributed by atoms with E-state index in [1.165, 1.54) is 0 Å². The van der Waals surface area contributed by atoms with Crippen LogP contribution in [0.3, 0.4) is 0 Å². The molecule has 0 unspecified atom stereocenters. The molecule has 0 aliphatic carbocycles. The summed E-state index contributed by atoms with van der Waals surface area (Å²) in [5.74, 6) is 1.51. The summed E-state index contributed by atoms with van der Waals surface area (Å²) in [6, 6.07) is 13.9. The molecule has 6 nitrogen and oxygen atoms in total. The molecule has 1 aliphatic heterocycles. The number of hydrogen-bond donors (Lipinski definition) is 0. The van der Waals surface area contributed by atoms with Crippen molar-refractivity contribution in [1.29, 1.82) is 0 Å². The van der Waals surface area contributed by atoms with Crippen molar-refractivity contribution in [3.05, 3.63) is 62.7 Å². The number of methoxy groups -OCH3 is 1. The van der Waals surface area contributed by atoms with Gasteiger partial charge in [-0.3, -0.25) is 4.99 Å². The van der Waals surface area contributed by atoms with Gasteiger partial charge in [-0.05, 0) is 35.9 Å². The van der Waals surface area contributed by atoms with Gasteiger partial charge in [0.2, 0.25) is 4.80 Å². The highest BCUT2D eigenvalue weighted by Crippen LogP contribution is 2.30. The van der Waals surface area contributed by atoms with Gasteiger partial charge in [0.25, 0.3) is 0 Å². The van der Waals surface area contributed by atoms with Crippen LogP contribution in [-0.2, 0) is 4.74 Å². The second-order valence-electron chi connectivity index (χ2n) is 6.25. The summed E-state index contributed by atoms with van der Waals surface area (Å²) in [7, 11) is 1.67. The largest absolute Gasteiger partial charge is 0.486 e. The molecule has 2 heterocycles. The molecule has 1 aliphatic rings. The van der Waals surface area contributed by atoms with Gasteiger partial charge in [-0.15, -0.1) is 11.3 Å². The van der Waals surface area contributed by atoms with E-state index in [1.807, 2.05) is 41.2 Å². The lowest BCUT2D eigenvalue weighted by Crippen LogP contribution is -2.15. The van der Waals surface area contributed by atoms with Crippen molar-refractivity contribution in [2.75, 3.05) is 33.5 Å². The number of halogens is 1. The molecule has 0 saturated heterocycles. The molecule has 0 fully saturated rings. The number of rotatable bonds is 6. The lowest BCUT2D eigenvalue weighted by atomic mass is 10.2. The Morgan fingerprint density at radius 3 is 2.86 bits per heavy atom. The monoisotopic (exact) mass is 473 g/mol. The Hall–Kier alpha value is -2.42. The van der Waals surface area contributed by atoms with Crippen molar-refractivity contribution >= 4 is 33.5 Å². The van der Waals surface area contributed by atoms with Crippen molar-refractivity contribution in [1.82, 2.24) is 4.68 Å². The van der Waals surface area contributed by atoms with Gasteiger partial charge in [-0.1, -0.05) is 28.1 Å². The van der Waals surface area contributed by atoms with Crippen molar-refractivity contribution in [2.45, 2.75) is 0 Å². The normalized spacial score (nSPS) is 13.9. The molecule has 0 saturated carbocycles. The Kier molecular flexibility index (Phi) is 6.43. The number of aromatic nitrogens is 1. The molecule has 0 N–H and O–H groups in total. The van der Waals surface area contributed by atoms with E-state index >= 15 is 0 Å². The molecule has 0 bridgehead atoms. The van der Waals surface area contributed by atoms with E-state index in [-0.39, 0.29) is 0 Å². The third kappa shape index (κ3) is 4.77. The fourth-order valence-corrected chi connectivity index (χ4v) is 4.13. The van der Waals surface area contributed by atoms with Crippen LogP contribution in [0.4, 0.5) is 0 Å². The van der Waals surface area contributed by atoms with Gasteiger partial charge in [0.1, 0.15) is 13.2 Å². The van der Waals surface area contributed by atoms with E-state index in [9.17, 15) is 0 Å². The minimum atomic E-state index is 0.558. The molecule has 29 heavy (non-hydrogen) atoms. The van der Waals surface area contributed by atoms with Gasteiger partial charge in [-0.25, -0.2) is 4.68 Å². The van der Waals surface area contributed by atoms with Gasteiger partial charge in [0.15, 0.2) is 11.5 Å². The van der Waals surface area contributed by atoms with Crippen LogP contribution in [0.2, 0.25) is 0 Å². The number of fused-ring (bicyclic) bond motifs is 1. The topological polar surface area (TPSA) is 57.3 Å². The zero-order chi connectivity index (χ0) is 20.1. The standard InChI is InChI=1S/C21H20BrN3O3S/c1-26-8-7-23-21-25(18(14-29-21)16-3-2-4-17(22)12-16)24-13-15-5-6-19-20(11-15)28-10-9-27-19/h2-6,11-14H,7-10H2,1H3/b23-21?,24-13+. The summed E-state index contributed by atoms with van der Waals surface area (Å²) < 4.78 is 19.3. The van der Waals surface area contributed by atoms with Crippen LogP contribution in [0.1, 0.15) is 5.56 Å². The number of nitrogens with zero attached hydrogens (tertiary/aromatic N) is 3. The summed E-state index contributed by atoms with van der Waals surface area (Å²) >= 11 is 5.10. The Balaban J connectivity index is 1.71. The lowest BCUT2D eigenvalue weighted by molar-refractivity contribution is 0.171. The highest BCUT2D eigenvalue weighted by Gasteiger charge is 2.12. The summed E-state index contributed by atoms with van der Waals surface area (Å²) in [6.45, 7) is 2.28. The van der Waals surface area contributed by atoms with Crippen LogP contribution < -0.4 is 14.3 Å². The maximum absolute atomic E-state index is 5.67.